The fraction of sp³-hybridized carbons (Fsp3) is 0.200. The van der Waals surface area contributed by atoms with Crippen molar-refractivity contribution in [1.82, 2.24) is 20.0 Å². The van der Waals surface area contributed by atoms with E-state index < -0.39 is 0 Å². The van der Waals surface area contributed by atoms with Crippen molar-refractivity contribution in [3.05, 3.63) is 47.1 Å². The second-order valence-electron chi connectivity index (χ2n) is 5.00. The largest absolute Gasteiger partial charge is 0.218 e. The summed E-state index contributed by atoms with van der Waals surface area (Å²) in [6, 6.07) is 12.2. The SMILES string of the molecule is N#Cc1nnn(-c2nc(-c3ccccc3)cs2)c1C1CC1. The van der Waals surface area contributed by atoms with E-state index in [4.69, 9.17) is 5.26 Å². The average molecular weight is 293 g/mol. The predicted octanol–water partition coefficient (Wildman–Crippen LogP) is 3.14. The van der Waals surface area contributed by atoms with Crippen LogP contribution in [0.4, 0.5) is 0 Å². The van der Waals surface area contributed by atoms with Crippen LogP contribution in [0.2, 0.25) is 0 Å². The molecule has 2 heterocycles. The Balaban J connectivity index is 1.77. The van der Waals surface area contributed by atoms with E-state index in [1.54, 1.807) is 4.68 Å². The van der Waals surface area contributed by atoms with Gasteiger partial charge in [0.05, 0.1) is 11.4 Å². The smallest absolute Gasteiger partial charge is 0.212 e. The highest BCUT2D eigenvalue weighted by molar-refractivity contribution is 7.12. The first-order valence-corrected chi connectivity index (χ1v) is 7.62. The van der Waals surface area contributed by atoms with Gasteiger partial charge in [0, 0.05) is 16.9 Å². The van der Waals surface area contributed by atoms with Gasteiger partial charge in [-0.05, 0) is 12.8 Å². The Bertz CT molecular complexity index is 823. The Morgan fingerprint density at radius 2 is 2.05 bits per heavy atom. The quantitative estimate of drug-likeness (QED) is 0.744. The number of nitriles is 1. The Hall–Kier alpha value is -2.52. The minimum atomic E-state index is 0.402. The van der Waals surface area contributed by atoms with Crippen LogP contribution in [-0.2, 0) is 0 Å². The minimum absolute atomic E-state index is 0.402. The second-order valence-corrected chi connectivity index (χ2v) is 5.84. The molecule has 0 bridgehead atoms. The van der Waals surface area contributed by atoms with Gasteiger partial charge in [-0.25, -0.2) is 4.98 Å². The molecule has 0 N–H and O–H groups in total. The molecule has 1 saturated carbocycles. The highest BCUT2D eigenvalue weighted by atomic mass is 32.1. The summed E-state index contributed by atoms with van der Waals surface area (Å²) >= 11 is 1.52. The van der Waals surface area contributed by atoms with Crippen LogP contribution >= 0.6 is 11.3 Å². The van der Waals surface area contributed by atoms with Crippen molar-refractivity contribution >= 4 is 11.3 Å². The van der Waals surface area contributed by atoms with Gasteiger partial charge >= 0.3 is 0 Å². The summed E-state index contributed by atoms with van der Waals surface area (Å²) < 4.78 is 1.73. The van der Waals surface area contributed by atoms with Gasteiger partial charge in [0.2, 0.25) is 5.13 Å². The van der Waals surface area contributed by atoms with Gasteiger partial charge < -0.3 is 0 Å². The fourth-order valence-electron chi connectivity index (χ4n) is 2.34. The standard InChI is InChI=1S/C15H11N5S/c16-8-12-14(11-6-7-11)20(19-18-12)15-17-13(9-21-15)10-4-2-1-3-5-10/h1-5,9,11H,6-7H2. The number of benzene rings is 1. The minimum Gasteiger partial charge on any atom is -0.218 e. The number of nitrogens with zero attached hydrogens (tertiary/aromatic N) is 5. The van der Waals surface area contributed by atoms with Crippen LogP contribution in [0.15, 0.2) is 35.7 Å². The molecule has 0 amide bonds. The third kappa shape index (κ3) is 2.12. The Kier molecular flexibility index (Phi) is 2.79. The van der Waals surface area contributed by atoms with Gasteiger partial charge in [0.25, 0.3) is 0 Å². The van der Waals surface area contributed by atoms with Gasteiger partial charge in [-0.3, -0.25) is 0 Å². The summed E-state index contributed by atoms with van der Waals surface area (Å²) in [5.41, 5.74) is 3.33. The first-order valence-electron chi connectivity index (χ1n) is 6.74. The highest BCUT2D eigenvalue weighted by Crippen LogP contribution is 2.42. The molecule has 1 aliphatic rings. The van der Waals surface area contributed by atoms with Crippen molar-refractivity contribution in [3.63, 3.8) is 0 Å². The van der Waals surface area contributed by atoms with E-state index in [9.17, 15) is 0 Å². The number of rotatable bonds is 3. The van der Waals surface area contributed by atoms with Crippen LogP contribution in [0, 0.1) is 11.3 Å². The van der Waals surface area contributed by atoms with E-state index in [-0.39, 0.29) is 0 Å². The van der Waals surface area contributed by atoms with Crippen LogP contribution < -0.4 is 0 Å². The Labute approximate surface area is 125 Å². The molecule has 5 nitrogen and oxygen atoms in total. The van der Waals surface area contributed by atoms with Crippen molar-refractivity contribution in [2.45, 2.75) is 18.8 Å². The molecule has 0 unspecified atom stereocenters. The number of thiazole rings is 1. The summed E-state index contributed by atoms with van der Waals surface area (Å²) in [5, 5.41) is 20.0. The fourth-order valence-corrected chi connectivity index (χ4v) is 3.13. The number of aromatic nitrogens is 4. The third-order valence-electron chi connectivity index (χ3n) is 3.52. The van der Waals surface area contributed by atoms with Crippen molar-refractivity contribution in [2.24, 2.45) is 0 Å². The van der Waals surface area contributed by atoms with Gasteiger partial charge in [0.15, 0.2) is 5.69 Å². The van der Waals surface area contributed by atoms with Crippen molar-refractivity contribution in [1.29, 1.82) is 5.26 Å². The second kappa shape index (κ2) is 4.79. The molecule has 21 heavy (non-hydrogen) atoms. The van der Waals surface area contributed by atoms with Crippen molar-refractivity contribution < 1.29 is 0 Å². The Morgan fingerprint density at radius 1 is 1.24 bits per heavy atom. The lowest BCUT2D eigenvalue weighted by Crippen LogP contribution is -2.01. The van der Waals surface area contributed by atoms with Crippen LogP contribution in [0.3, 0.4) is 0 Å². The molecule has 0 aliphatic heterocycles. The van der Waals surface area contributed by atoms with E-state index in [2.05, 4.69) is 21.4 Å². The summed E-state index contributed by atoms with van der Waals surface area (Å²) in [7, 11) is 0. The van der Waals surface area contributed by atoms with E-state index in [0.29, 0.717) is 11.6 Å². The first kappa shape index (κ1) is 12.2. The zero-order chi connectivity index (χ0) is 14.2. The van der Waals surface area contributed by atoms with Crippen LogP contribution in [0.5, 0.6) is 0 Å². The van der Waals surface area contributed by atoms with E-state index in [1.165, 1.54) is 11.3 Å². The molecule has 6 heteroatoms. The third-order valence-corrected chi connectivity index (χ3v) is 4.33. The molecule has 1 aliphatic carbocycles. The molecule has 4 rings (SSSR count). The molecule has 0 radical (unpaired) electrons. The average Bonchev–Trinajstić information content (AvgIpc) is 3.10. The molecule has 0 spiro atoms. The summed E-state index contributed by atoms with van der Waals surface area (Å²) in [6.07, 6.45) is 2.19. The van der Waals surface area contributed by atoms with E-state index in [1.807, 2.05) is 35.7 Å². The monoisotopic (exact) mass is 293 g/mol. The molecule has 102 valence electrons. The summed E-state index contributed by atoms with van der Waals surface area (Å²) in [6.45, 7) is 0. The van der Waals surface area contributed by atoms with Crippen LogP contribution in [0.25, 0.3) is 16.4 Å². The number of hydrogen-bond donors (Lipinski definition) is 0. The molecule has 3 aromatic rings. The topological polar surface area (TPSA) is 67.4 Å². The van der Waals surface area contributed by atoms with Gasteiger partial charge in [0.1, 0.15) is 6.07 Å². The molecule has 0 atom stereocenters. The number of hydrogen-bond acceptors (Lipinski definition) is 5. The van der Waals surface area contributed by atoms with Crippen molar-refractivity contribution in [2.75, 3.05) is 0 Å². The maximum atomic E-state index is 9.16. The Morgan fingerprint density at radius 3 is 2.76 bits per heavy atom. The molecular weight excluding hydrogens is 282 g/mol. The zero-order valence-electron chi connectivity index (χ0n) is 11.1. The molecule has 2 aromatic heterocycles. The van der Waals surface area contributed by atoms with E-state index >= 15 is 0 Å². The first-order chi connectivity index (χ1) is 10.4. The van der Waals surface area contributed by atoms with Gasteiger partial charge in [-0.2, -0.15) is 9.94 Å². The zero-order valence-corrected chi connectivity index (χ0v) is 11.9. The molecular formula is C15H11N5S. The lowest BCUT2D eigenvalue weighted by molar-refractivity contribution is 0.758. The van der Waals surface area contributed by atoms with E-state index in [0.717, 1.165) is 34.9 Å². The highest BCUT2D eigenvalue weighted by Gasteiger charge is 2.32. The molecule has 1 fully saturated rings. The normalized spacial score (nSPS) is 14.0. The van der Waals surface area contributed by atoms with Crippen LogP contribution in [0.1, 0.15) is 30.1 Å². The lowest BCUT2D eigenvalue weighted by atomic mass is 10.2. The predicted molar refractivity (Wildman–Crippen MR) is 79.2 cm³/mol. The van der Waals surface area contributed by atoms with Crippen LogP contribution in [-0.4, -0.2) is 20.0 Å². The summed E-state index contributed by atoms with van der Waals surface area (Å²) in [5.74, 6) is 0.402. The van der Waals surface area contributed by atoms with Crippen molar-refractivity contribution in [3.8, 4) is 22.5 Å². The van der Waals surface area contributed by atoms with Gasteiger partial charge in [-0.15, -0.1) is 16.4 Å². The molecule has 1 aromatic carbocycles. The van der Waals surface area contributed by atoms with Gasteiger partial charge in [-0.1, -0.05) is 35.5 Å². The molecule has 0 saturated heterocycles. The summed E-state index contributed by atoms with van der Waals surface area (Å²) in [4.78, 5) is 4.64. The maximum absolute atomic E-state index is 9.16. The lowest BCUT2D eigenvalue weighted by Gasteiger charge is -2.00. The maximum Gasteiger partial charge on any atom is 0.212 e.